The minimum Gasteiger partial charge on any atom is -0.302 e. The quantitative estimate of drug-likeness (QED) is 0.493. The average Bonchev–Trinajstić information content (AvgIpc) is 3.48. The van der Waals surface area contributed by atoms with E-state index in [1.165, 1.54) is 17.3 Å². The lowest BCUT2D eigenvalue weighted by molar-refractivity contribution is -0.112. The van der Waals surface area contributed by atoms with Gasteiger partial charge in [-0.1, -0.05) is 53.0 Å². The Hall–Kier alpha value is -2.53. The Balaban J connectivity index is 1.48. The van der Waals surface area contributed by atoms with Crippen molar-refractivity contribution >= 4 is 50.5 Å². The van der Waals surface area contributed by atoms with Crippen LogP contribution in [0.2, 0.25) is 15.1 Å². The number of hydroxylamine groups is 3. The number of allylic oxidation sites excluding steroid dienone is 2. The maximum absolute atomic E-state index is 13.5. The van der Waals surface area contributed by atoms with Crippen LogP contribution in [0.25, 0.3) is 0 Å². The SMILES string of the molecule is O=S(=O)(NC(C1=NNC(c2ccc(Cl)cc2)C1)c1ccc(Cl)cc1Cl)C1=CC=CN2ONC=C12. The van der Waals surface area contributed by atoms with E-state index in [0.29, 0.717) is 38.5 Å². The number of nitrogens with zero attached hydrogens (tertiary/aromatic N) is 2. The molecule has 5 rings (SSSR count). The molecule has 8 nitrogen and oxygen atoms in total. The largest absolute Gasteiger partial charge is 0.302 e. The van der Waals surface area contributed by atoms with Crippen LogP contribution in [0.5, 0.6) is 0 Å². The van der Waals surface area contributed by atoms with Gasteiger partial charge in [0.1, 0.15) is 10.6 Å². The van der Waals surface area contributed by atoms with Crippen molar-refractivity contribution in [2.24, 2.45) is 5.10 Å². The fourth-order valence-electron chi connectivity index (χ4n) is 3.86. The molecular weight excluding hydrogens is 521 g/mol. The third-order valence-corrected chi connectivity index (χ3v) is 7.81. The van der Waals surface area contributed by atoms with Gasteiger partial charge >= 0.3 is 0 Å². The fraction of sp³-hybridized carbons (Fsp3) is 0.136. The normalized spacial score (nSPS) is 20.1. The van der Waals surface area contributed by atoms with Gasteiger partial charge in [0.05, 0.1) is 24.0 Å². The molecule has 0 spiro atoms. The molecule has 176 valence electrons. The second-order valence-electron chi connectivity index (χ2n) is 7.70. The zero-order chi connectivity index (χ0) is 23.9. The summed E-state index contributed by atoms with van der Waals surface area (Å²) in [7, 11) is -4.02. The maximum Gasteiger partial charge on any atom is 0.243 e. The third-order valence-electron chi connectivity index (χ3n) is 5.52. The van der Waals surface area contributed by atoms with Gasteiger partial charge in [0.25, 0.3) is 0 Å². The van der Waals surface area contributed by atoms with E-state index in [4.69, 9.17) is 39.7 Å². The van der Waals surface area contributed by atoms with Gasteiger partial charge in [0, 0.05) is 27.7 Å². The summed E-state index contributed by atoms with van der Waals surface area (Å²) in [4.78, 5) is 5.21. The lowest BCUT2D eigenvalue weighted by Gasteiger charge is -2.24. The maximum atomic E-state index is 13.5. The number of hydrogen-bond donors (Lipinski definition) is 3. The molecule has 0 bridgehead atoms. The molecule has 34 heavy (non-hydrogen) atoms. The summed E-state index contributed by atoms with van der Waals surface area (Å²) in [6, 6.07) is 11.3. The van der Waals surface area contributed by atoms with Crippen LogP contribution in [0.3, 0.4) is 0 Å². The number of sulfonamides is 1. The topological polar surface area (TPSA) is 95.1 Å². The molecule has 0 radical (unpaired) electrons. The van der Waals surface area contributed by atoms with Gasteiger partial charge in [-0.25, -0.2) is 19.0 Å². The molecule has 0 saturated carbocycles. The van der Waals surface area contributed by atoms with Crippen LogP contribution in [0.4, 0.5) is 0 Å². The van der Waals surface area contributed by atoms with Crippen molar-refractivity contribution < 1.29 is 13.4 Å². The van der Waals surface area contributed by atoms with E-state index in [1.54, 1.807) is 42.6 Å². The second kappa shape index (κ2) is 9.26. The highest BCUT2D eigenvalue weighted by Crippen LogP contribution is 2.35. The van der Waals surface area contributed by atoms with Crippen LogP contribution in [0.1, 0.15) is 29.6 Å². The van der Waals surface area contributed by atoms with E-state index < -0.39 is 16.1 Å². The highest BCUT2D eigenvalue weighted by atomic mass is 35.5. The standard InChI is InChI=1S/C22H18Cl3N5O3S/c23-14-5-3-13(4-6-14)18-11-19(28-27-18)22(16-8-7-15(24)10-17(16)25)29-34(31,32)21-2-1-9-30-20(21)12-26-33-30/h1-10,12,18,22,26-27,29H,11H2. The van der Waals surface area contributed by atoms with Crippen molar-refractivity contribution in [1.82, 2.24) is 20.7 Å². The third kappa shape index (κ3) is 4.55. The van der Waals surface area contributed by atoms with E-state index in [2.05, 4.69) is 20.7 Å². The first kappa shape index (κ1) is 23.2. The number of benzene rings is 2. The lowest BCUT2D eigenvalue weighted by atomic mass is 9.96. The number of hydrogen-bond acceptors (Lipinski definition) is 7. The van der Waals surface area contributed by atoms with Gasteiger partial charge in [-0.15, -0.1) is 0 Å². The average molecular weight is 539 g/mol. The molecule has 3 heterocycles. The highest BCUT2D eigenvalue weighted by molar-refractivity contribution is 7.93. The molecule has 12 heteroatoms. The summed E-state index contributed by atoms with van der Waals surface area (Å²) < 4.78 is 29.8. The van der Waals surface area contributed by atoms with Crippen molar-refractivity contribution in [3.8, 4) is 0 Å². The Morgan fingerprint density at radius 2 is 1.88 bits per heavy atom. The van der Waals surface area contributed by atoms with Crippen molar-refractivity contribution in [3.63, 3.8) is 0 Å². The number of hydrazone groups is 1. The molecule has 0 aromatic heterocycles. The Morgan fingerprint density at radius 1 is 1.12 bits per heavy atom. The summed E-state index contributed by atoms with van der Waals surface area (Å²) in [5.41, 5.74) is 8.07. The Kier molecular flexibility index (Phi) is 6.32. The zero-order valence-electron chi connectivity index (χ0n) is 17.4. The Bertz CT molecular complexity index is 1360. The first-order valence-electron chi connectivity index (χ1n) is 10.2. The molecule has 0 aliphatic carbocycles. The zero-order valence-corrected chi connectivity index (χ0v) is 20.5. The van der Waals surface area contributed by atoms with Crippen molar-refractivity contribution in [2.75, 3.05) is 0 Å². The van der Waals surface area contributed by atoms with E-state index in [0.717, 1.165) is 5.56 Å². The van der Waals surface area contributed by atoms with Crippen LogP contribution in [0, 0.1) is 0 Å². The number of halogens is 3. The second-order valence-corrected chi connectivity index (χ2v) is 10.7. The number of fused-ring (bicyclic) bond motifs is 1. The van der Waals surface area contributed by atoms with Gasteiger partial charge in [0.2, 0.25) is 10.0 Å². The summed E-state index contributed by atoms with van der Waals surface area (Å²) in [6.07, 6.45) is 6.58. The van der Waals surface area contributed by atoms with Gasteiger partial charge in [-0.3, -0.25) is 0 Å². The molecule has 3 aliphatic rings. The molecule has 3 aliphatic heterocycles. The van der Waals surface area contributed by atoms with Crippen LogP contribution in [-0.4, -0.2) is 19.2 Å². The highest BCUT2D eigenvalue weighted by Gasteiger charge is 2.36. The van der Waals surface area contributed by atoms with Crippen molar-refractivity contribution in [3.05, 3.63) is 104 Å². The molecule has 2 aromatic carbocycles. The smallest absolute Gasteiger partial charge is 0.243 e. The summed E-state index contributed by atoms with van der Waals surface area (Å²) in [6.45, 7) is 0. The minimum atomic E-state index is -4.02. The summed E-state index contributed by atoms with van der Waals surface area (Å²) in [5.74, 6) is 0. The van der Waals surface area contributed by atoms with E-state index in [1.807, 2.05) is 12.1 Å². The number of rotatable bonds is 6. The Morgan fingerprint density at radius 3 is 2.65 bits per heavy atom. The van der Waals surface area contributed by atoms with Crippen molar-refractivity contribution in [2.45, 2.75) is 18.5 Å². The van der Waals surface area contributed by atoms with E-state index in [9.17, 15) is 8.42 Å². The van der Waals surface area contributed by atoms with Crippen LogP contribution >= 0.6 is 34.8 Å². The molecule has 2 aromatic rings. The number of nitrogens with one attached hydrogen (secondary N) is 3. The predicted molar refractivity (Wildman–Crippen MR) is 132 cm³/mol. The minimum absolute atomic E-state index is 0.0379. The predicted octanol–water partition coefficient (Wildman–Crippen LogP) is 4.70. The van der Waals surface area contributed by atoms with E-state index >= 15 is 0 Å². The molecule has 0 amide bonds. The molecule has 2 atom stereocenters. The van der Waals surface area contributed by atoms with Crippen LogP contribution in [-0.2, 0) is 15.0 Å². The van der Waals surface area contributed by atoms with E-state index in [-0.39, 0.29) is 10.9 Å². The fourth-order valence-corrected chi connectivity index (χ4v) is 5.89. The lowest BCUT2D eigenvalue weighted by Crippen LogP contribution is -2.36. The van der Waals surface area contributed by atoms with Gasteiger partial charge in [0.15, 0.2) is 0 Å². The first-order chi connectivity index (χ1) is 16.3. The van der Waals surface area contributed by atoms with Gasteiger partial charge in [-0.2, -0.15) is 14.8 Å². The monoisotopic (exact) mass is 537 g/mol. The Labute approximate surface area is 211 Å². The van der Waals surface area contributed by atoms with Gasteiger partial charge in [-0.05, 0) is 47.5 Å². The molecule has 3 N–H and O–H groups in total. The molecular formula is C22H18Cl3N5O3S. The molecule has 2 unspecified atom stereocenters. The summed E-state index contributed by atoms with van der Waals surface area (Å²) >= 11 is 18.6. The summed E-state index contributed by atoms with van der Waals surface area (Å²) in [5, 5.41) is 7.19. The van der Waals surface area contributed by atoms with Crippen LogP contribution in [0.15, 0.2) is 82.7 Å². The van der Waals surface area contributed by atoms with Gasteiger partial charge < -0.3 is 5.43 Å². The van der Waals surface area contributed by atoms with Crippen molar-refractivity contribution in [1.29, 1.82) is 0 Å². The first-order valence-corrected chi connectivity index (χ1v) is 12.8. The molecule has 0 saturated heterocycles. The molecule has 0 fully saturated rings. The van der Waals surface area contributed by atoms with Crippen LogP contribution < -0.4 is 15.6 Å².